The van der Waals surface area contributed by atoms with Crippen LogP contribution in [0, 0.1) is 0 Å². The van der Waals surface area contributed by atoms with Gasteiger partial charge in [-0.1, -0.05) is 23.7 Å². The Hall–Kier alpha value is -0.860. The maximum absolute atomic E-state index is 5.79. The van der Waals surface area contributed by atoms with E-state index in [9.17, 15) is 0 Å². The van der Waals surface area contributed by atoms with E-state index in [1.54, 1.807) is 12.3 Å². The zero-order valence-corrected chi connectivity index (χ0v) is 7.42. The fraction of sp³-hybridized carbons (Fsp3) is 0.222. The van der Waals surface area contributed by atoms with Crippen molar-refractivity contribution >= 4 is 11.6 Å². The molecule has 0 bridgehead atoms. The molecule has 0 aliphatic heterocycles. The van der Waals surface area contributed by atoms with Crippen molar-refractivity contribution < 1.29 is 4.74 Å². The second kappa shape index (κ2) is 4.91. The Labute approximate surface area is 76.8 Å². The quantitative estimate of drug-likeness (QED) is 0.407. The molecule has 0 atom stereocenters. The molecule has 12 heavy (non-hydrogen) atoms. The van der Waals surface area contributed by atoms with Crippen molar-refractivity contribution in [3.8, 4) is 0 Å². The van der Waals surface area contributed by atoms with Gasteiger partial charge in [0.05, 0.1) is 13.2 Å². The summed E-state index contributed by atoms with van der Waals surface area (Å²) >= 11 is 5.79. The first kappa shape index (κ1) is 9.23. The van der Waals surface area contributed by atoms with Crippen LogP contribution in [0.25, 0.3) is 0 Å². The number of aromatic nitrogens is 1. The van der Waals surface area contributed by atoms with Gasteiger partial charge >= 0.3 is 0 Å². The zero-order valence-electron chi connectivity index (χ0n) is 6.66. The minimum atomic E-state index is 0.485. The molecule has 0 aromatic carbocycles. The third-order valence-corrected chi connectivity index (χ3v) is 1.67. The summed E-state index contributed by atoms with van der Waals surface area (Å²) < 4.78 is 5.21. The van der Waals surface area contributed by atoms with Crippen LogP contribution < -0.4 is 0 Å². The molecule has 1 heterocycles. The minimum absolute atomic E-state index is 0.485. The molecule has 0 saturated carbocycles. The van der Waals surface area contributed by atoms with Gasteiger partial charge in [0.15, 0.2) is 0 Å². The van der Waals surface area contributed by atoms with E-state index < -0.39 is 0 Å². The van der Waals surface area contributed by atoms with Crippen molar-refractivity contribution in [3.05, 3.63) is 41.7 Å². The van der Waals surface area contributed by atoms with E-state index in [1.807, 2.05) is 12.1 Å². The topological polar surface area (TPSA) is 22.1 Å². The molecule has 1 aromatic heterocycles. The first-order valence-corrected chi connectivity index (χ1v) is 4.00. The number of hydrogen-bond acceptors (Lipinski definition) is 2. The normalized spacial score (nSPS) is 9.75. The average Bonchev–Trinajstić information content (AvgIpc) is 2.09. The third kappa shape index (κ3) is 2.64. The monoisotopic (exact) mass is 183 g/mol. The molecule has 1 aromatic rings. The van der Waals surface area contributed by atoms with Gasteiger partial charge < -0.3 is 4.74 Å². The van der Waals surface area contributed by atoms with Crippen molar-refractivity contribution in [3.63, 3.8) is 0 Å². The second-order valence-corrected chi connectivity index (χ2v) is 2.62. The summed E-state index contributed by atoms with van der Waals surface area (Å²) in [4.78, 5) is 3.92. The fourth-order valence-corrected chi connectivity index (χ4v) is 0.953. The predicted octanol–water partition coefficient (Wildman–Crippen LogP) is 2.44. The summed E-state index contributed by atoms with van der Waals surface area (Å²) in [5.74, 6) is 0. The van der Waals surface area contributed by atoms with Gasteiger partial charge in [0, 0.05) is 11.8 Å². The zero-order chi connectivity index (χ0) is 8.81. The molecule has 0 radical (unpaired) electrons. The summed E-state index contributed by atoms with van der Waals surface area (Å²) in [6.07, 6.45) is 3.35. The Morgan fingerprint density at radius 2 is 2.50 bits per heavy atom. The summed E-state index contributed by atoms with van der Waals surface area (Å²) in [7, 11) is 0. The summed E-state index contributed by atoms with van der Waals surface area (Å²) in [5.41, 5.74) is 0.904. The van der Waals surface area contributed by atoms with Gasteiger partial charge in [0.25, 0.3) is 0 Å². The Morgan fingerprint density at radius 3 is 3.17 bits per heavy atom. The molecule has 0 amide bonds. The molecule has 2 nitrogen and oxygen atoms in total. The molecular formula is C9H10ClNO. The highest BCUT2D eigenvalue weighted by Crippen LogP contribution is 2.11. The van der Waals surface area contributed by atoms with Crippen molar-refractivity contribution in [1.29, 1.82) is 0 Å². The molecule has 0 N–H and O–H groups in total. The first-order valence-electron chi connectivity index (χ1n) is 3.62. The molecule has 3 heteroatoms. The van der Waals surface area contributed by atoms with Gasteiger partial charge in [-0.25, -0.2) is 4.98 Å². The van der Waals surface area contributed by atoms with Crippen LogP contribution in [0.5, 0.6) is 0 Å². The number of pyridine rings is 1. The maximum atomic E-state index is 5.79. The largest absolute Gasteiger partial charge is 0.373 e. The standard InChI is InChI=1S/C9H10ClNO/c1-2-6-12-7-8-4-3-5-11-9(8)10/h2-5H,1,6-7H2. The van der Waals surface area contributed by atoms with Gasteiger partial charge in [-0.15, -0.1) is 6.58 Å². The molecule has 0 spiro atoms. The third-order valence-electron chi connectivity index (χ3n) is 1.33. The maximum Gasteiger partial charge on any atom is 0.134 e. The van der Waals surface area contributed by atoms with Crippen LogP contribution in [0.4, 0.5) is 0 Å². The van der Waals surface area contributed by atoms with Crippen molar-refractivity contribution in [1.82, 2.24) is 4.98 Å². The molecule has 0 aliphatic carbocycles. The van der Waals surface area contributed by atoms with Gasteiger partial charge in [0.2, 0.25) is 0 Å². The first-order chi connectivity index (χ1) is 5.84. The van der Waals surface area contributed by atoms with Crippen LogP contribution in [0.2, 0.25) is 5.15 Å². The van der Waals surface area contributed by atoms with E-state index in [2.05, 4.69) is 11.6 Å². The van der Waals surface area contributed by atoms with Crippen LogP contribution in [0.3, 0.4) is 0 Å². The fourth-order valence-electron chi connectivity index (χ4n) is 0.779. The van der Waals surface area contributed by atoms with E-state index in [4.69, 9.17) is 16.3 Å². The van der Waals surface area contributed by atoms with E-state index in [1.165, 1.54) is 0 Å². The molecule has 64 valence electrons. The van der Waals surface area contributed by atoms with Crippen LogP contribution in [0.1, 0.15) is 5.56 Å². The summed E-state index contributed by atoms with van der Waals surface area (Å²) in [5, 5.41) is 0.501. The molecular weight excluding hydrogens is 174 g/mol. The Balaban J connectivity index is 2.51. The van der Waals surface area contributed by atoms with Gasteiger partial charge in [-0.05, 0) is 6.07 Å². The lowest BCUT2D eigenvalue weighted by molar-refractivity contribution is 0.148. The average molecular weight is 184 g/mol. The van der Waals surface area contributed by atoms with Crippen LogP contribution in [-0.2, 0) is 11.3 Å². The van der Waals surface area contributed by atoms with Gasteiger partial charge in [-0.2, -0.15) is 0 Å². The molecule has 0 unspecified atom stereocenters. The number of ether oxygens (including phenoxy) is 1. The van der Waals surface area contributed by atoms with Crippen molar-refractivity contribution in [2.24, 2.45) is 0 Å². The smallest absolute Gasteiger partial charge is 0.134 e. The highest BCUT2D eigenvalue weighted by molar-refractivity contribution is 6.30. The lowest BCUT2D eigenvalue weighted by Gasteiger charge is -2.01. The molecule has 1 rings (SSSR count). The molecule has 0 saturated heterocycles. The van der Waals surface area contributed by atoms with Crippen LogP contribution in [0.15, 0.2) is 31.0 Å². The minimum Gasteiger partial charge on any atom is -0.373 e. The van der Waals surface area contributed by atoms with E-state index in [0.29, 0.717) is 18.4 Å². The predicted molar refractivity (Wildman–Crippen MR) is 49.1 cm³/mol. The lowest BCUT2D eigenvalue weighted by atomic mass is 10.3. The molecule has 0 aliphatic rings. The van der Waals surface area contributed by atoms with Crippen LogP contribution >= 0.6 is 11.6 Å². The van der Waals surface area contributed by atoms with Crippen LogP contribution in [-0.4, -0.2) is 11.6 Å². The van der Waals surface area contributed by atoms with E-state index in [-0.39, 0.29) is 0 Å². The van der Waals surface area contributed by atoms with E-state index >= 15 is 0 Å². The highest BCUT2D eigenvalue weighted by Gasteiger charge is 1.98. The van der Waals surface area contributed by atoms with Crippen molar-refractivity contribution in [2.45, 2.75) is 6.61 Å². The van der Waals surface area contributed by atoms with Crippen molar-refractivity contribution in [2.75, 3.05) is 6.61 Å². The highest BCUT2D eigenvalue weighted by atomic mass is 35.5. The Morgan fingerprint density at radius 1 is 1.67 bits per heavy atom. The number of rotatable bonds is 4. The molecule has 0 fully saturated rings. The Kier molecular flexibility index (Phi) is 3.77. The van der Waals surface area contributed by atoms with E-state index in [0.717, 1.165) is 5.56 Å². The number of halogens is 1. The SMILES string of the molecule is C=CCOCc1cccnc1Cl. The lowest BCUT2D eigenvalue weighted by Crippen LogP contribution is -1.94. The summed E-state index contributed by atoms with van der Waals surface area (Å²) in [6.45, 7) is 4.56. The second-order valence-electron chi connectivity index (χ2n) is 2.26. The number of hydrogen-bond donors (Lipinski definition) is 0. The van der Waals surface area contributed by atoms with Gasteiger partial charge in [-0.3, -0.25) is 0 Å². The number of nitrogens with zero attached hydrogens (tertiary/aromatic N) is 1. The van der Waals surface area contributed by atoms with Gasteiger partial charge in [0.1, 0.15) is 5.15 Å². The summed E-state index contributed by atoms with van der Waals surface area (Å²) in [6, 6.07) is 3.72. The Bertz CT molecular complexity index is 262.